The Kier molecular flexibility index (Phi) is 6.21. The lowest BCUT2D eigenvalue weighted by Crippen LogP contribution is -2.46. The number of aromatic nitrogens is 3. The second-order valence-electron chi connectivity index (χ2n) is 8.17. The molecule has 7 heteroatoms. The van der Waals surface area contributed by atoms with E-state index in [0.717, 1.165) is 61.3 Å². The van der Waals surface area contributed by atoms with E-state index in [2.05, 4.69) is 73.7 Å². The number of likely N-dealkylation sites (N-methyl/N-ethyl adjacent to an activating group) is 1. The molecule has 5 rings (SSSR count). The first-order chi connectivity index (χ1) is 16.3. The Hall–Kier alpha value is -3.84. The Morgan fingerprint density at radius 2 is 1.61 bits per heavy atom. The van der Waals surface area contributed by atoms with Crippen molar-refractivity contribution in [3.63, 3.8) is 0 Å². The molecule has 0 atom stereocenters. The quantitative estimate of drug-likeness (QED) is 0.427. The average Bonchev–Trinajstić information content (AvgIpc) is 3.40. The smallest absolute Gasteiger partial charge is 0.132 e. The zero-order valence-corrected chi connectivity index (χ0v) is 18.9. The molecule has 0 saturated carbocycles. The number of anilines is 5. The highest BCUT2D eigenvalue weighted by Crippen LogP contribution is 2.24. The van der Waals surface area contributed by atoms with Crippen LogP contribution in [0.1, 0.15) is 6.92 Å². The lowest BCUT2D eigenvalue weighted by molar-refractivity contribution is 0.271. The van der Waals surface area contributed by atoms with Crippen LogP contribution in [0.3, 0.4) is 0 Å². The molecule has 2 N–H and O–H groups in total. The van der Waals surface area contributed by atoms with E-state index < -0.39 is 0 Å². The molecule has 0 aliphatic carbocycles. The molecule has 0 spiro atoms. The second-order valence-corrected chi connectivity index (χ2v) is 8.17. The topological polar surface area (TPSA) is 61.2 Å². The Morgan fingerprint density at radius 3 is 2.36 bits per heavy atom. The molecule has 7 nitrogen and oxygen atoms in total. The molecule has 3 heterocycles. The van der Waals surface area contributed by atoms with Gasteiger partial charge in [-0.2, -0.15) is 0 Å². The van der Waals surface area contributed by atoms with Gasteiger partial charge in [0.2, 0.25) is 0 Å². The predicted molar refractivity (Wildman–Crippen MR) is 135 cm³/mol. The fourth-order valence-electron chi connectivity index (χ4n) is 4.13. The zero-order chi connectivity index (χ0) is 22.5. The van der Waals surface area contributed by atoms with E-state index in [1.54, 1.807) is 12.5 Å². The van der Waals surface area contributed by atoms with Crippen LogP contribution in [-0.4, -0.2) is 52.2 Å². The molecule has 1 fully saturated rings. The van der Waals surface area contributed by atoms with E-state index in [1.165, 1.54) is 5.69 Å². The van der Waals surface area contributed by atoms with E-state index in [-0.39, 0.29) is 0 Å². The normalized spacial score (nSPS) is 14.3. The minimum atomic E-state index is 0.801. The molecule has 1 aliphatic rings. The highest BCUT2D eigenvalue weighted by molar-refractivity contribution is 5.67. The number of piperazine rings is 1. The van der Waals surface area contributed by atoms with Crippen molar-refractivity contribution >= 4 is 28.6 Å². The molecule has 0 radical (unpaired) electrons. The van der Waals surface area contributed by atoms with Gasteiger partial charge in [0.15, 0.2) is 0 Å². The van der Waals surface area contributed by atoms with Gasteiger partial charge >= 0.3 is 0 Å². The van der Waals surface area contributed by atoms with Crippen LogP contribution in [0.15, 0.2) is 85.6 Å². The number of imidazole rings is 1. The summed E-state index contributed by atoms with van der Waals surface area (Å²) in [7, 11) is 0. The van der Waals surface area contributed by atoms with Crippen molar-refractivity contribution < 1.29 is 0 Å². The van der Waals surface area contributed by atoms with Gasteiger partial charge in [0.25, 0.3) is 0 Å². The highest BCUT2D eigenvalue weighted by atomic mass is 15.3. The van der Waals surface area contributed by atoms with Gasteiger partial charge in [-0.25, -0.2) is 9.97 Å². The van der Waals surface area contributed by atoms with Crippen molar-refractivity contribution in [2.45, 2.75) is 6.92 Å². The summed E-state index contributed by atoms with van der Waals surface area (Å²) >= 11 is 0. The van der Waals surface area contributed by atoms with Gasteiger partial charge in [-0.1, -0.05) is 13.0 Å². The summed E-state index contributed by atoms with van der Waals surface area (Å²) in [5.41, 5.74) is 5.34. The maximum absolute atomic E-state index is 4.49. The van der Waals surface area contributed by atoms with Crippen LogP contribution < -0.4 is 15.5 Å². The minimum Gasteiger partial charge on any atom is -0.369 e. The summed E-state index contributed by atoms with van der Waals surface area (Å²) in [6.07, 6.45) is 7.32. The van der Waals surface area contributed by atoms with Gasteiger partial charge < -0.3 is 25.0 Å². The molecule has 1 aliphatic heterocycles. The van der Waals surface area contributed by atoms with E-state index in [0.29, 0.717) is 0 Å². The SMILES string of the molecule is CCN1CCN(c2ccc(Nc3cc(Nc4cccc(-n5ccnc5)c4)ccn3)cc2)CC1. The standard InChI is InChI=1S/C26H29N7/c1-2-31-14-16-32(17-15-31)24-8-6-21(7-9-24)30-26-19-23(10-11-28-26)29-22-4-3-5-25(18-22)33-13-12-27-20-33/h3-13,18-20H,2,14-17H2,1H3,(H2,28,29,30). The third kappa shape index (κ3) is 5.15. The van der Waals surface area contributed by atoms with Crippen LogP contribution in [0.5, 0.6) is 0 Å². The number of benzene rings is 2. The van der Waals surface area contributed by atoms with Crippen LogP contribution in [0.25, 0.3) is 5.69 Å². The fraction of sp³-hybridized carbons (Fsp3) is 0.231. The van der Waals surface area contributed by atoms with Crippen molar-refractivity contribution in [2.24, 2.45) is 0 Å². The molecule has 1 saturated heterocycles. The third-order valence-electron chi connectivity index (χ3n) is 6.02. The molecular weight excluding hydrogens is 410 g/mol. The van der Waals surface area contributed by atoms with Crippen molar-refractivity contribution in [3.05, 3.63) is 85.6 Å². The summed E-state index contributed by atoms with van der Waals surface area (Å²) in [4.78, 5) is 13.6. The number of hydrogen-bond acceptors (Lipinski definition) is 6. The summed E-state index contributed by atoms with van der Waals surface area (Å²) in [5, 5.41) is 6.89. The largest absolute Gasteiger partial charge is 0.369 e. The summed E-state index contributed by atoms with van der Waals surface area (Å²) < 4.78 is 1.98. The Labute approximate surface area is 194 Å². The highest BCUT2D eigenvalue weighted by Gasteiger charge is 2.15. The monoisotopic (exact) mass is 439 g/mol. The Morgan fingerprint density at radius 1 is 0.788 bits per heavy atom. The number of nitrogens with zero attached hydrogens (tertiary/aromatic N) is 5. The van der Waals surface area contributed by atoms with E-state index in [4.69, 9.17) is 0 Å². The maximum Gasteiger partial charge on any atom is 0.132 e. The molecule has 0 amide bonds. The van der Waals surface area contributed by atoms with Crippen molar-refractivity contribution in [1.82, 2.24) is 19.4 Å². The summed E-state index contributed by atoms with van der Waals surface area (Å²) in [6.45, 7) is 7.79. The van der Waals surface area contributed by atoms with Crippen molar-refractivity contribution in [1.29, 1.82) is 0 Å². The first-order valence-electron chi connectivity index (χ1n) is 11.4. The molecule has 0 unspecified atom stereocenters. The lowest BCUT2D eigenvalue weighted by atomic mass is 10.2. The van der Waals surface area contributed by atoms with Crippen LogP contribution in [0.2, 0.25) is 0 Å². The van der Waals surface area contributed by atoms with E-state index in [9.17, 15) is 0 Å². The maximum atomic E-state index is 4.49. The first kappa shape index (κ1) is 21.0. The predicted octanol–water partition coefficient (Wildman–Crippen LogP) is 4.90. The second kappa shape index (κ2) is 9.75. The summed E-state index contributed by atoms with van der Waals surface area (Å²) in [6, 6.07) is 20.8. The number of rotatable bonds is 7. The van der Waals surface area contributed by atoms with Crippen LogP contribution in [0.4, 0.5) is 28.6 Å². The number of nitrogens with one attached hydrogen (secondary N) is 2. The van der Waals surface area contributed by atoms with E-state index in [1.807, 2.05) is 41.2 Å². The van der Waals surface area contributed by atoms with Crippen LogP contribution in [0, 0.1) is 0 Å². The first-order valence-corrected chi connectivity index (χ1v) is 11.4. The Balaban J connectivity index is 1.23. The fourth-order valence-corrected chi connectivity index (χ4v) is 4.13. The molecule has 33 heavy (non-hydrogen) atoms. The van der Waals surface area contributed by atoms with Crippen LogP contribution in [-0.2, 0) is 0 Å². The zero-order valence-electron chi connectivity index (χ0n) is 18.9. The molecule has 4 aromatic rings. The molecule has 168 valence electrons. The number of pyridine rings is 1. The van der Waals surface area contributed by atoms with Gasteiger partial charge in [0.05, 0.1) is 6.33 Å². The Bertz CT molecular complexity index is 1160. The van der Waals surface area contributed by atoms with Crippen LogP contribution >= 0.6 is 0 Å². The van der Waals surface area contributed by atoms with Crippen molar-refractivity contribution in [3.8, 4) is 5.69 Å². The molecule has 0 bridgehead atoms. The number of hydrogen-bond donors (Lipinski definition) is 2. The third-order valence-corrected chi connectivity index (χ3v) is 6.02. The summed E-state index contributed by atoms with van der Waals surface area (Å²) in [5.74, 6) is 0.801. The van der Waals surface area contributed by atoms with Gasteiger partial charge in [0, 0.05) is 79.3 Å². The van der Waals surface area contributed by atoms with Crippen molar-refractivity contribution in [2.75, 3.05) is 48.3 Å². The van der Waals surface area contributed by atoms with Gasteiger partial charge in [0.1, 0.15) is 5.82 Å². The average molecular weight is 440 g/mol. The molecule has 2 aromatic heterocycles. The van der Waals surface area contributed by atoms with Gasteiger partial charge in [-0.15, -0.1) is 0 Å². The van der Waals surface area contributed by atoms with E-state index >= 15 is 0 Å². The minimum absolute atomic E-state index is 0.801. The van der Waals surface area contributed by atoms with Gasteiger partial charge in [-0.3, -0.25) is 0 Å². The molecular formula is C26H29N7. The molecule has 2 aromatic carbocycles. The lowest BCUT2D eigenvalue weighted by Gasteiger charge is -2.35. The van der Waals surface area contributed by atoms with Gasteiger partial charge in [-0.05, 0) is 55.1 Å².